The van der Waals surface area contributed by atoms with Gasteiger partial charge in [-0.3, -0.25) is 0 Å². The summed E-state index contributed by atoms with van der Waals surface area (Å²) < 4.78 is 0. The van der Waals surface area contributed by atoms with E-state index in [1.165, 1.54) is 4.88 Å². The normalized spacial score (nSPS) is 12.5. The van der Waals surface area contributed by atoms with Crippen LogP contribution in [0.2, 0.25) is 0 Å². The van der Waals surface area contributed by atoms with Gasteiger partial charge < -0.3 is 10.6 Å². The zero-order valence-corrected chi connectivity index (χ0v) is 12.5. The Kier molecular flexibility index (Phi) is 6.52. The molecular weight excluding hydrogens is 248 g/mol. The minimum Gasteiger partial charge on any atom is -0.362 e. The van der Waals surface area contributed by atoms with Gasteiger partial charge in [0.05, 0.1) is 6.04 Å². The average molecular weight is 270 g/mol. The van der Waals surface area contributed by atoms with Gasteiger partial charge in [-0.05, 0) is 36.0 Å². The summed E-state index contributed by atoms with van der Waals surface area (Å²) in [5.41, 5.74) is 0. The van der Waals surface area contributed by atoms with Gasteiger partial charge in [-0.2, -0.15) is 0 Å². The van der Waals surface area contributed by atoms with Crippen LogP contribution in [0, 0.1) is 5.92 Å². The van der Waals surface area contributed by atoms with Crippen molar-refractivity contribution < 1.29 is 0 Å². The van der Waals surface area contributed by atoms with Gasteiger partial charge in [-0.15, -0.1) is 11.3 Å². The lowest BCUT2D eigenvalue weighted by molar-refractivity contribution is 0.569. The Balaban J connectivity index is 2.47. The van der Waals surface area contributed by atoms with Crippen LogP contribution < -0.4 is 10.6 Å². The van der Waals surface area contributed by atoms with E-state index in [1.807, 2.05) is 0 Å². The van der Waals surface area contributed by atoms with Crippen molar-refractivity contribution in [3.8, 4) is 0 Å². The second kappa shape index (κ2) is 7.67. The van der Waals surface area contributed by atoms with Crippen molar-refractivity contribution >= 4 is 28.7 Å². The van der Waals surface area contributed by atoms with E-state index in [1.54, 1.807) is 11.3 Å². The van der Waals surface area contributed by atoms with Gasteiger partial charge in [0.25, 0.3) is 0 Å². The molecule has 0 saturated carbocycles. The van der Waals surface area contributed by atoms with E-state index < -0.39 is 0 Å². The summed E-state index contributed by atoms with van der Waals surface area (Å²) >= 11 is 7.11. The summed E-state index contributed by atoms with van der Waals surface area (Å²) in [6.45, 7) is 7.48. The molecular formula is C13H22N2S2. The molecule has 2 N–H and O–H groups in total. The zero-order valence-electron chi connectivity index (χ0n) is 10.8. The predicted molar refractivity (Wildman–Crippen MR) is 80.5 cm³/mol. The molecule has 4 heteroatoms. The average Bonchev–Trinajstić information content (AvgIpc) is 2.79. The van der Waals surface area contributed by atoms with Crippen molar-refractivity contribution in [2.45, 2.75) is 39.7 Å². The highest BCUT2D eigenvalue weighted by Gasteiger charge is 2.12. The highest BCUT2D eigenvalue weighted by molar-refractivity contribution is 7.80. The second-order valence-corrected chi connectivity index (χ2v) is 5.99. The highest BCUT2D eigenvalue weighted by Crippen LogP contribution is 2.22. The molecule has 0 amide bonds. The molecule has 2 nitrogen and oxygen atoms in total. The summed E-state index contributed by atoms with van der Waals surface area (Å²) in [5, 5.41) is 9.55. The van der Waals surface area contributed by atoms with Crippen LogP contribution in [0.15, 0.2) is 17.5 Å². The van der Waals surface area contributed by atoms with Crippen molar-refractivity contribution in [2.75, 3.05) is 6.54 Å². The van der Waals surface area contributed by atoms with E-state index in [2.05, 4.69) is 48.9 Å². The fourth-order valence-electron chi connectivity index (χ4n) is 1.57. The molecule has 17 heavy (non-hydrogen) atoms. The summed E-state index contributed by atoms with van der Waals surface area (Å²) in [6, 6.07) is 4.62. The summed E-state index contributed by atoms with van der Waals surface area (Å²) in [6.07, 6.45) is 2.27. The molecule has 0 aliphatic rings. The van der Waals surface area contributed by atoms with Crippen LogP contribution in [0.4, 0.5) is 0 Å². The molecule has 0 bridgehead atoms. The van der Waals surface area contributed by atoms with E-state index in [-0.39, 0.29) is 0 Å². The maximum atomic E-state index is 5.32. The monoisotopic (exact) mass is 270 g/mol. The van der Waals surface area contributed by atoms with Crippen LogP contribution in [0.3, 0.4) is 0 Å². The van der Waals surface area contributed by atoms with E-state index in [0.717, 1.165) is 24.5 Å². The molecule has 0 spiro atoms. The summed E-state index contributed by atoms with van der Waals surface area (Å²) in [5.74, 6) is 0.612. The van der Waals surface area contributed by atoms with Crippen LogP contribution in [0.5, 0.6) is 0 Å². The van der Waals surface area contributed by atoms with Gasteiger partial charge in [0.2, 0.25) is 0 Å². The molecule has 1 aromatic rings. The standard InChI is InChI=1S/C13H22N2S2/c1-4-6-11(12-7-5-8-17-12)15-13(16)14-9-10(2)3/h5,7-8,10-11H,4,6,9H2,1-3H3,(H2,14,15,16). The summed E-state index contributed by atoms with van der Waals surface area (Å²) in [4.78, 5) is 1.36. The van der Waals surface area contributed by atoms with Crippen molar-refractivity contribution in [1.29, 1.82) is 0 Å². The van der Waals surface area contributed by atoms with Gasteiger partial charge in [-0.25, -0.2) is 0 Å². The molecule has 0 aliphatic heterocycles. The van der Waals surface area contributed by atoms with Crippen LogP contribution in [-0.2, 0) is 0 Å². The highest BCUT2D eigenvalue weighted by atomic mass is 32.1. The molecule has 1 heterocycles. The Labute approximate surface area is 114 Å². The van der Waals surface area contributed by atoms with Crippen LogP contribution in [0.25, 0.3) is 0 Å². The Morgan fingerprint density at radius 3 is 2.76 bits per heavy atom. The largest absolute Gasteiger partial charge is 0.362 e. The number of nitrogens with one attached hydrogen (secondary N) is 2. The quantitative estimate of drug-likeness (QED) is 0.771. The van der Waals surface area contributed by atoms with E-state index in [4.69, 9.17) is 12.2 Å². The molecule has 0 radical (unpaired) electrons. The molecule has 0 aromatic carbocycles. The van der Waals surface area contributed by atoms with Crippen LogP contribution in [0.1, 0.15) is 44.5 Å². The van der Waals surface area contributed by atoms with Gasteiger partial charge in [0.1, 0.15) is 0 Å². The van der Waals surface area contributed by atoms with Crippen molar-refractivity contribution in [3.63, 3.8) is 0 Å². The minimum absolute atomic E-state index is 0.354. The lowest BCUT2D eigenvalue weighted by atomic mass is 10.1. The lowest BCUT2D eigenvalue weighted by Crippen LogP contribution is -2.39. The number of thiophene rings is 1. The number of hydrogen-bond acceptors (Lipinski definition) is 2. The van der Waals surface area contributed by atoms with Crippen molar-refractivity contribution in [2.24, 2.45) is 5.92 Å². The first kappa shape index (κ1) is 14.5. The topological polar surface area (TPSA) is 24.1 Å². The smallest absolute Gasteiger partial charge is 0.166 e. The molecule has 0 fully saturated rings. The fraction of sp³-hybridized carbons (Fsp3) is 0.615. The van der Waals surface area contributed by atoms with Gasteiger partial charge >= 0.3 is 0 Å². The number of hydrogen-bond donors (Lipinski definition) is 2. The first-order valence-electron chi connectivity index (χ1n) is 6.21. The molecule has 1 atom stereocenters. The van der Waals surface area contributed by atoms with Crippen LogP contribution in [-0.4, -0.2) is 11.7 Å². The van der Waals surface area contributed by atoms with Crippen LogP contribution >= 0.6 is 23.6 Å². The maximum Gasteiger partial charge on any atom is 0.166 e. The molecule has 1 unspecified atom stereocenters. The SMILES string of the molecule is CCCC(NC(=S)NCC(C)C)c1cccs1. The Bertz CT molecular complexity index is 320. The number of thiocarbonyl (C=S) groups is 1. The maximum absolute atomic E-state index is 5.32. The molecule has 1 rings (SSSR count). The summed E-state index contributed by atoms with van der Waals surface area (Å²) in [7, 11) is 0. The van der Waals surface area contributed by atoms with E-state index in [9.17, 15) is 0 Å². The predicted octanol–water partition coefficient (Wildman–Crippen LogP) is 3.71. The van der Waals surface area contributed by atoms with Crippen molar-refractivity contribution in [3.05, 3.63) is 22.4 Å². The van der Waals surface area contributed by atoms with E-state index >= 15 is 0 Å². The Morgan fingerprint density at radius 2 is 2.24 bits per heavy atom. The van der Waals surface area contributed by atoms with Gasteiger partial charge in [0.15, 0.2) is 5.11 Å². The van der Waals surface area contributed by atoms with E-state index in [0.29, 0.717) is 12.0 Å². The van der Waals surface area contributed by atoms with Gasteiger partial charge in [-0.1, -0.05) is 33.3 Å². The van der Waals surface area contributed by atoms with Crippen molar-refractivity contribution in [1.82, 2.24) is 10.6 Å². The molecule has 0 saturated heterocycles. The first-order valence-corrected chi connectivity index (χ1v) is 7.50. The number of rotatable bonds is 6. The second-order valence-electron chi connectivity index (χ2n) is 4.60. The third-order valence-electron chi connectivity index (χ3n) is 2.44. The fourth-order valence-corrected chi connectivity index (χ4v) is 2.61. The zero-order chi connectivity index (χ0) is 12.7. The lowest BCUT2D eigenvalue weighted by Gasteiger charge is -2.20. The Hall–Kier alpha value is -0.610. The van der Waals surface area contributed by atoms with Gasteiger partial charge in [0, 0.05) is 11.4 Å². The molecule has 0 aliphatic carbocycles. The third kappa shape index (κ3) is 5.50. The minimum atomic E-state index is 0.354. The third-order valence-corrected chi connectivity index (χ3v) is 3.69. The first-order chi connectivity index (χ1) is 8.13. The molecule has 1 aromatic heterocycles. The molecule has 96 valence electrons. The Morgan fingerprint density at radius 1 is 1.47 bits per heavy atom.